The maximum absolute atomic E-state index is 6.40. The molecule has 11 aromatic rings. The summed E-state index contributed by atoms with van der Waals surface area (Å²) >= 11 is 0. The fraction of sp³-hybridized carbons (Fsp3) is 0. The van der Waals surface area contributed by atoms with Crippen LogP contribution in [0.5, 0.6) is 0 Å². The number of furan rings is 1. The molecule has 3 heterocycles. The van der Waals surface area contributed by atoms with Crippen molar-refractivity contribution in [3.8, 4) is 33.6 Å². The van der Waals surface area contributed by atoms with E-state index in [0.717, 1.165) is 38.8 Å². The van der Waals surface area contributed by atoms with Gasteiger partial charge in [0.15, 0.2) is 0 Å². The Bertz CT molecular complexity index is 3120. The lowest BCUT2D eigenvalue weighted by atomic mass is 10.0. The summed E-state index contributed by atoms with van der Waals surface area (Å²) in [5.74, 6) is 0. The number of para-hydroxylation sites is 5. The minimum Gasteiger partial charge on any atom is -0.455 e. The molecule has 0 atom stereocenters. The van der Waals surface area contributed by atoms with Crippen LogP contribution < -0.4 is 0 Å². The summed E-state index contributed by atoms with van der Waals surface area (Å²) in [7, 11) is 0. The Labute approximate surface area is 293 Å². The molecule has 0 aliphatic rings. The molecule has 0 bridgehead atoms. The van der Waals surface area contributed by atoms with Crippen molar-refractivity contribution in [1.29, 1.82) is 0 Å². The van der Waals surface area contributed by atoms with E-state index < -0.39 is 0 Å². The van der Waals surface area contributed by atoms with Crippen LogP contribution in [-0.4, -0.2) is 9.13 Å². The normalized spacial score (nSPS) is 11.9. The summed E-state index contributed by atoms with van der Waals surface area (Å²) in [4.78, 5) is 0. The molecule has 0 radical (unpaired) electrons. The molecular formula is C48H30N2O. The molecule has 0 amide bonds. The van der Waals surface area contributed by atoms with Crippen LogP contribution in [0.1, 0.15) is 0 Å². The molecule has 0 spiro atoms. The highest BCUT2D eigenvalue weighted by Crippen LogP contribution is 2.42. The van der Waals surface area contributed by atoms with Crippen molar-refractivity contribution in [1.82, 2.24) is 9.13 Å². The summed E-state index contributed by atoms with van der Waals surface area (Å²) in [5.41, 5.74) is 13.5. The van der Waals surface area contributed by atoms with E-state index in [4.69, 9.17) is 4.42 Å². The SMILES string of the molecule is c1ccc(-c2ccccc2-n2c3ccccc3c3cc4c5ccccc5n(-c5ccc(-c6cccc7c6oc6ccccc67)cc5)c4cc32)cc1. The third-order valence-corrected chi connectivity index (χ3v) is 10.5. The summed E-state index contributed by atoms with van der Waals surface area (Å²) < 4.78 is 11.3. The van der Waals surface area contributed by atoms with Gasteiger partial charge in [-0.2, -0.15) is 0 Å². The van der Waals surface area contributed by atoms with Gasteiger partial charge in [-0.15, -0.1) is 0 Å². The van der Waals surface area contributed by atoms with E-state index in [1.807, 2.05) is 12.1 Å². The zero-order chi connectivity index (χ0) is 33.5. The fourth-order valence-corrected chi connectivity index (χ4v) is 8.26. The van der Waals surface area contributed by atoms with Crippen molar-refractivity contribution in [2.24, 2.45) is 0 Å². The molecule has 0 saturated carbocycles. The number of fused-ring (bicyclic) bond motifs is 9. The van der Waals surface area contributed by atoms with E-state index in [1.54, 1.807) is 0 Å². The van der Waals surface area contributed by atoms with E-state index in [0.29, 0.717) is 0 Å². The first-order valence-electron chi connectivity index (χ1n) is 17.4. The lowest BCUT2D eigenvalue weighted by molar-refractivity contribution is 0.670. The highest BCUT2D eigenvalue weighted by molar-refractivity contribution is 6.19. The number of hydrogen-bond donors (Lipinski definition) is 0. The quantitative estimate of drug-likeness (QED) is 0.186. The molecule has 0 saturated heterocycles. The van der Waals surface area contributed by atoms with Gasteiger partial charge in [-0.25, -0.2) is 0 Å². The Morgan fingerprint density at radius 1 is 0.333 bits per heavy atom. The third-order valence-electron chi connectivity index (χ3n) is 10.5. The highest BCUT2D eigenvalue weighted by Gasteiger charge is 2.20. The maximum atomic E-state index is 6.40. The van der Waals surface area contributed by atoms with Crippen LogP contribution in [0.15, 0.2) is 186 Å². The Hall–Kier alpha value is -6.84. The lowest BCUT2D eigenvalue weighted by Gasteiger charge is -2.14. The Kier molecular flexibility index (Phi) is 5.96. The molecule has 0 aliphatic heterocycles. The van der Waals surface area contributed by atoms with Gasteiger partial charge in [0.2, 0.25) is 0 Å². The van der Waals surface area contributed by atoms with Gasteiger partial charge in [-0.3, -0.25) is 0 Å². The van der Waals surface area contributed by atoms with E-state index in [2.05, 4.69) is 179 Å². The molecule has 0 fully saturated rings. The molecule has 0 unspecified atom stereocenters. The molecule has 0 aliphatic carbocycles. The molecule has 0 N–H and O–H groups in total. The fourth-order valence-electron chi connectivity index (χ4n) is 8.26. The number of hydrogen-bond acceptors (Lipinski definition) is 1. The molecular weight excluding hydrogens is 621 g/mol. The van der Waals surface area contributed by atoms with Gasteiger partial charge in [0, 0.05) is 49.1 Å². The maximum Gasteiger partial charge on any atom is 0.143 e. The lowest BCUT2D eigenvalue weighted by Crippen LogP contribution is -1.98. The molecule has 8 aromatic carbocycles. The van der Waals surface area contributed by atoms with Crippen molar-refractivity contribution in [2.45, 2.75) is 0 Å². The smallest absolute Gasteiger partial charge is 0.143 e. The first-order valence-corrected chi connectivity index (χ1v) is 17.4. The first-order chi connectivity index (χ1) is 25.3. The van der Waals surface area contributed by atoms with E-state index >= 15 is 0 Å². The van der Waals surface area contributed by atoms with Crippen molar-refractivity contribution in [2.75, 3.05) is 0 Å². The van der Waals surface area contributed by atoms with Gasteiger partial charge in [0.05, 0.1) is 27.8 Å². The molecule has 3 aromatic heterocycles. The Balaban J connectivity index is 1.15. The average Bonchev–Trinajstić information content (AvgIpc) is 3.85. The number of benzene rings is 8. The van der Waals surface area contributed by atoms with Crippen LogP contribution in [0.4, 0.5) is 0 Å². The van der Waals surface area contributed by atoms with Crippen LogP contribution in [0.25, 0.3) is 99.2 Å². The Morgan fingerprint density at radius 3 is 1.69 bits per heavy atom. The number of rotatable bonds is 4. The van der Waals surface area contributed by atoms with E-state index in [-0.39, 0.29) is 0 Å². The largest absolute Gasteiger partial charge is 0.455 e. The van der Waals surface area contributed by atoms with Crippen LogP contribution in [0.3, 0.4) is 0 Å². The van der Waals surface area contributed by atoms with Crippen LogP contribution in [0, 0.1) is 0 Å². The van der Waals surface area contributed by atoms with Gasteiger partial charge < -0.3 is 13.6 Å². The molecule has 238 valence electrons. The standard InChI is InChI=1S/C48H30N2O/c1-2-13-31(14-3-1)34-15-4-8-21-42(34)50-44-23-10-6-17-37(44)41-29-40-36-16-5-9-22-43(36)49(45(40)30-46(41)50)33-27-25-32(26-28-33)35-19-12-20-39-38-18-7-11-24-47(38)51-48(35)39/h1-30H. The monoisotopic (exact) mass is 650 g/mol. The summed E-state index contributed by atoms with van der Waals surface area (Å²) in [6, 6.07) is 65.5. The van der Waals surface area contributed by atoms with Gasteiger partial charge in [-0.1, -0.05) is 133 Å². The predicted octanol–water partition coefficient (Wildman–Crippen LogP) is 13.1. The van der Waals surface area contributed by atoms with Crippen molar-refractivity contribution >= 4 is 65.6 Å². The van der Waals surface area contributed by atoms with Gasteiger partial charge in [-0.05, 0) is 59.7 Å². The molecule has 3 nitrogen and oxygen atoms in total. The third kappa shape index (κ3) is 4.12. The number of nitrogens with zero attached hydrogens (tertiary/aromatic N) is 2. The first kappa shape index (κ1) is 28.0. The minimum absolute atomic E-state index is 0.914. The number of aromatic nitrogens is 2. The summed E-state index contributed by atoms with van der Waals surface area (Å²) in [6.45, 7) is 0. The van der Waals surface area contributed by atoms with Crippen molar-refractivity contribution < 1.29 is 4.42 Å². The second-order valence-corrected chi connectivity index (χ2v) is 13.3. The Morgan fingerprint density at radius 2 is 0.902 bits per heavy atom. The predicted molar refractivity (Wildman–Crippen MR) is 213 cm³/mol. The van der Waals surface area contributed by atoms with Gasteiger partial charge in [0.25, 0.3) is 0 Å². The minimum atomic E-state index is 0.914. The summed E-state index contributed by atoms with van der Waals surface area (Å²) in [6.07, 6.45) is 0. The van der Waals surface area contributed by atoms with Gasteiger partial charge >= 0.3 is 0 Å². The van der Waals surface area contributed by atoms with Crippen LogP contribution in [-0.2, 0) is 0 Å². The summed E-state index contributed by atoms with van der Waals surface area (Å²) in [5, 5.41) is 7.27. The zero-order valence-electron chi connectivity index (χ0n) is 27.6. The van der Waals surface area contributed by atoms with E-state index in [1.165, 1.54) is 60.4 Å². The molecule has 51 heavy (non-hydrogen) atoms. The van der Waals surface area contributed by atoms with Gasteiger partial charge in [0.1, 0.15) is 11.2 Å². The van der Waals surface area contributed by atoms with Crippen molar-refractivity contribution in [3.05, 3.63) is 182 Å². The van der Waals surface area contributed by atoms with E-state index in [9.17, 15) is 0 Å². The molecule has 3 heteroatoms. The van der Waals surface area contributed by atoms with Crippen LogP contribution >= 0.6 is 0 Å². The van der Waals surface area contributed by atoms with Crippen LogP contribution in [0.2, 0.25) is 0 Å². The highest BCUT2D eigenvalue weighted by atomic mass is 16.3. The topological polar surface area (TPSA) is 23.0 Å². The average molecular weight is 651 g/mol. The second-order valence-electron chi connectivity index (χ2n) is 13.3. The molecule has 11 rings (SSSR count). The zero-order valence-corrected chi connectivity index (χ0v) is 27.6. The van der Waals surface area contributed by atoms with Crippen molar-refractivity contribution in [3.63, 3.8) is 0 Å². The second kappa shape index (κ2) is 10.8.